The molecule has 0 spiro atoms. The van der Waals surface area contributed by atoms with E-state index in [4.69, 9.17) is 11.1 Å². The van der Waals surface area contributed by atoms with Gasteiger partial charge in [0, 0.05) is 0 Å². The molecule has 20 valence electrons. The van der Waals surface area contributed by atoms with E-state index in [0.29, 0.717) is 0 Å². The van der Waals surface area contributed by atoms with E-state index >= 15 is 0 Å². The van der Waals surface area contributed by atoms with Crippen LogP contribution in [-0.4, -0.2) is 26.4 Å². The third-order valence-electron chi connectivity index (χ3n) is 0. The molecule has 0 heterocycles. The van der Waals surface area contributed by atoms with Gasteiger partial charge >= 0.3 is 37.5 Å². The summed E-state index contributed by atoms with van der Waals surface area (Å²) in [5.41, 5.74) is 4.73. The van der Waals surface area contributed by atoms with Crippen molar-refractivity contribution in [3.8, 4) is 0 Å². The Morgan fingerprint density at radius 1 is 2.00 bits per heavy atom. The van der Waals surface area contributed by atoms with Gasteiger partial charge in [0.1, 0.15) is 0 Å². The molecular weight excluding hydrogens is 159 g/mol. The van der Waals surface area contributed by atoms with E-state index in [1.807, 2.05) is 0 Å². The van der Waals surface area contributed by atoms with Crippen molar-refractivity contribution >= 4 is 26.4 Å². The van der Waals surface area contributed by atoms with Crippen molar-refractivity contribution in [3.05, 3.63) is 0 Å². The maximum atomic E-state index is 6.32. The van der Waals surface area contributed by atoms with Crippen LogP contribution in [0.2, 0.25) is 0 Å². The van der Waals surface area contributed by atoms with Crippen molar-refractivity contribution in [1.82, 2.24) is 0 Å². The Balaban J connectivity index is 2.80. The van der Waals surface area contributed by atoms with Crippen LogP contribution < -0.4 is 5.73 Å². The molecule has 4 heavy (non-hydrogen) atoms. The van der Waals surface area contributed by atoms with E-state index in [0.717, 1.165) is 22.5 Å². The fourth-order valence-corrected chi connectivity index (χ4v) is 0. The van der Waals surface area contributed by atoms with Gasteiger partial charge in [-0.15, -0.1) is 0 Å². The van der Waals surface area contributed by atoms with Crippen molar-refractivity contribution in [3.63, 3.8) is 0 Å². The van der Waals surface area contributed by atoms with E-state index in [2.05, 4.69) is 0 Å². The molecule has 0 saturated heterocycles. The second-order valence-corrected chi connectivity index (χ2v) is 1.95. The van der Waals surface area contributed by atoms with Gasteiger partial charge in [-0.1, -0.05) is 0 Å². The van der Waals surface area contributed by atoms with Gasteiger partial charge in [-0.2, -0.15) is 0 Å². The van der Waals surface area contributed by atoms with Gasteiger partial charge in [0.25, 0.3) is 0 Å². The summed E-state index contributed by atoms with van der Waals surface area (Å²) in [5, 5.41) is 6.32. The van der Waals surface area contributed by atoms with Crippen LogP contribution in [0.3, 0.4) is 0 Å². The Hall–Kier alpha value is 0.269. The van der Waals surface area contributed by atoms with Crippen molar-refractivity contribution in [2.75, 3.05) is 0 Å². The summed E-state index contributed by atoms with van der Waals surface area (Å²) in [5.74, 6) is 0. The second-order valence-electron chi connectivity index (χ2n) is 0.414. The van der Waals surface area contributed by atoms with Crippen LogP contribution in [0.15, 0.2) is 0 Å². The van der Waals surface area contributed by atoms with E-state index in [9.17, 15) is 0 Å². The quantitative estimate of drug-likeness (QED) is 0.269. The van der Waals surface area contributed by atoms with E-state index in [-0.39, 0.29) is 3.85 Å². The molecule has 0 rings (SSSR count). The zero-order valence-corrected chi connectivity index (χ0v) is 4.93. The molecule has 2 radical (unpaired) electrons. The predicted octanol–water partition coefficient (Wildman–Crippen LogP) is -0.952. The molecule has 3 N–H and O–H groups in total. The Labute approximate surface area is 38.0 Å². The van der Waals surface area contributed by atoms with Crippen LogP contribution in [-0.2, 0) is 0 Å². The first-order valence-corrected chi connectivity index (χ1v) is 2.22. The molecular formula is CH3N2Sn+. The summed E-state index contributed by atoms with van der Waals surface area (Å²) >= 11 is 0.998. The predicted molar refractivity (Wildman–Crippen MR) is 17.7 cm³/mol. The average molecular weight is 162 g/mol. The van der Waals surface area contributed by atoms with Gasteiger partial charge in [-0.25, -0.2) is 0 Å². The van der Waals surface area contributed by atoms with Crippen LogP contribution in [0.25, 0.3) is 0 Å². The first-order valence-electron chi connectivity index (χ1n) is 0.789. The molecule has 0 atom stereocenters. The molecule has 0 aliphatic heterocycles. The Kier molecular flexibility index (Phi) is 1.68. The van der Waals surface area contributed by atoms with Crippen LogP contribution in [0.5, 0.6) is 0 Å². The van der Waals surface area contributed by atoms with Gasteiger partial charge in [0.15, 0.2) is 0 Å². The summed E-state index contributed by atoms with van der Waals surface area (Å²) in [6, 6.07) is 0. The summed E-state index contributed by atoms with van der Waals surface area (Å²) in [6.07, 6.45) is 0. The molecule has 0 aromatic carbocycles. The Bertz CT molecular complexity index is 29.0. The molecule has 0 aliphatic rings. The Morgan fingerprint density at radius 2 is 2.00 bits per heavy atom. The molecule has 0 aromatic heterocycles. The van der Waals surface area contributed by atoms with Crippen molar-refractivity contribution in [1.29, 1.82) is 5.41 Å². The van der Waals surface area contributed by atoms with Gasteiger partial charge in [-0.05, 0) is 0 Å². The number of hydrogen-bond acceptors (Lipinski definition) is 1. The number of nitrogens with one attached hydrogen (secondary N) is 1. The molecule has 0 aliphatic carbocycles. The molecule has 0 saturated carbocycles. The fourth-order valence-electron chi connectivity index (χ4n) is 0. The Morgan fingerprint density at radius 3 is 2.00 bits per heavy atom. The topological polar surface area (TPSA) is 49.9 Å². The third kappa shape index (κ3) is 50.6. The number of rotatable bonds is 0. The van der Waals surface area contributed by atoms with Crippen molar-refractivity contribution in [2.45, 2.75) is 0 Å². The van der Waals surface area contributed by atoms with Gasteiger partial charge in [0.2, 0.25) is 0 Å². The van der Waals surface area contributed by atoms with E-state index in [1.165, 1.54) is 0 Å². The van der Waals surface area contributed by atoms with Crippen LogP contribution in [0.1, 0.15) is 0 Å². The zero-order chi connectivity index (χ0) is 3.58. The molecule has 0 fully saturated rings. The minimum atomic E-state index is 0.257. The van der Waals surface area contributed by atoms with Gasteiger partial charge in [-0.3, -0.25) is 0 Å². The van der Waals surface area contributed by atoms with Gasteiger partial charge < -0.3 is 0 Å². The number of hydrogen-bond donors (Lipinski definition) is 2. The monoisotopic (exact) mass is 163 g/mol. The number of amidine groups is 1. The summed E-state index contributed by atoms with van der Waals surface area (Å²) in [4.78, 5) is 0. The zero-order valence-electron chi connectivity index (χ0n) is 2.08. The summed E-state index contributed by atoms with van der Waals surface area (Å²) in [7, 11) is 0. The molecule has 2 nitrogen and oxygen atoms in total. The second kappa shape index (κ2) is 1.57. The average Bonchev–Trinajstić information content (AvgIpc) is 0.811. The molecule has 0 amide bonds. The third-order valence-corrected chi connectivity index (χ3v) is 0. The normalized spacial score (nSPS) is 6.00. The first kappa shape index (κ1) is 4.27. The maximum absolute atomic E-state index is 6.32. The summed E-state index contributed by atoms with van der Waals surface area (Å²) < 4.78 is 0.257. The van der Waals surface area contributed by atoms with E-state index in [1.54, 1.807) is 0 Å². The minimum absolute atomic E-state index is 0.257. The van der Waals surface area contributed by atoms with Crippen LogP contribution in [0, 0.1) is 5.41 Å². The van der Waals surface area contributed by atoms with Crippen molar-refractivity contribution in [2.24, 2.45) is 5.73 Å². The van der Waals surface area contributed by atoms with E-state index < -0.39 is 0 Å². The van der Waals surface area contributed by atoms with Crippen LogP contribution in [0.4, 0.5) is 0 Å². The molecule has 0 unspecified atom stereocenters. The molecule has 0 aromatic rings. The SMILES string of the molecule is N=[C](N)[Sn+]. The fraction of sp³-hybridized carbons (Fsp3) is 0. The standard InChI is InChI=1S/CH3N2.Sn/c2-1-3;/h(H3,2,3);/q;+1. The summed E-state index contributed by atoms with van der Waals surface area (Å²) in [6.45, 7) is 0. The first-order chi connectivity index (χ1) is 1.73. The van der Waals surface area contributed by atoms with Crippen molar-refractivity contribution < 1.29 is 0 Å². The van der Waals surface area contributed by atoms with Crippen LogP contribution >= 0.6 is 0 Å². The van der Waals surface area contributed by atoms with Gasteiger partial charge in [0.05, 0.1) is 0 Å². The molecule has 3 heteroatoms. The number of nitrogens with two attached hydrogens (primary N) is 1. The molecule has 0 bridgehead atoms.